The molecule has 0 aliphatic rings. The van der Waals surface area contributed by atoms with Crippen LogP contribution in [0.3, 0.4) is 0 Å². The van der Waals surface area contributed by atoms with Crippen LogP contribution in [-0.4, -0.2) is 9.55 Å². The summed E-state index contributed by atoms with van der Waals surface area (Å²) < 4.78 is 3.40. The number of alkyl halides is 1. The van der Waals surface area contributed by atoms with E-state index in [1.165, 1.54) is 18.4 Å². The molecule has 1 aromatic heterocycles. The van der Waals surface area contributed by atoms with Crippen molar-refractivity contribution in [2.24, 2.45) is 5.92 Å². The summed E-state index contributed by atoms with van der Waals surface area (Å²) in [6.07, 6.45) is 3.67. The Bertz CT molecular complexity index is 604. The molecule has 1 heterocycles. The Kier molecular flexibility index (Phi) is 5.73. The third-order valence-electron chi connectivity index (χ3n) is 3.88. The second-order valence-electron chi connectivity index (χ2n) is 6.26. The number of rotatable bonds is 6. The monoisotopic (exact) mass is 370 g/mol. The molecular formula is C17H24BrClN2. The van der Waals surface area contributed by atoms with Gasteiger partial charge in [0.15, 0.2) is 0 Å². The fourth-order valence-corrected chi connectivity index (χ4v) is 3.28. The summed E-state index contributed by atoms with van der Waals surface area (Å²) in [4.78, 5) is 4.73. The molecule has 0 radical (unpaired) electrons. The second-order valence-corrected chi connectivity index (χ2v) is 7.83. The SMILES string of the molecule is CC(C)CCCC(C)n1c(C(C)Cl)nc2ccc(Br)cc21. The average molecular weight is 372 g/mol. The van der Waals surface area contributed by atoms with Crippen LogP contribution in [0.5, 0.6) is 0 Å². The molecule has 0 aliphatic heterocycles. The van der Waals surface area contributed by atoms with Crippen LogP contribution >= 0.6 is 27.5 Å². The number of benzene rings is 1. The molecule has 2 nitrogen and oxygen atoms in total. The molecule has 0 N–H and O–H groups in total. The van der Waals surface area contributed by atoms with Gasteiger partial charge in [-0.3, -0.25) is 0 Å². The average Bonchev–Trinajstić information content (AvgIpc) is 2.76. The predicted octanol–water partition coefficient (Wildman–Crippen LogP) is 6.49. The number of halogens is 2. The van der Waals surface area contributed by atoms with Gasteiger partial charge < -0.3 is 4.57 Å². The van der Waals surface area contributed by atoms with Gasteiger partial charge in [-0.15, -0.1) is 11.6 Å². The molecule has 2 aromatic rings. The molecular weight excluding hydrogens is 348 g/mol. The van der Waals surface area contributed by atoms with Gasteiger partial charge in [0.25, 0.3) is 0 Å². The molecule has 4 heteroatoms. The van der Waals surface area contributed by atoms with Crippen molar-refractivity contribution in [1.82, 2.24) is 9.55 Å². The summed E-state index contributed by atoms with van der Waals surface area (Å²) in [5.74, 6) is 1.74. The van der Waals surface area contributed by atoms with Gasteiger partial charge in [0.1, 0.15) is 5.82 Å². The Morgan fingerprint density at radius 2 is 1.90 bits per heavy atom. The van der Waals surface area contributed by atoms with Crippen LogP contribution in [0.15, 0.2) is 22.7 Å². The van der Waals surface area contributed by atoms with Gasteiger partial charge in [0.2, 0.25) is 0 Å². The van der Waals surface area contributed by atoms with Crippen molar-refractivity contribution < 1.29 is 0 Å². The maximum Gasteiger partial charge on any atom is 0.127 e. The first-order valence-corrected chi connectivity index (χ1v) is 8.94. The van der Waals surface area contributed by atoms with E-state index in [1.54, 1.807) is 0 Å². The third-order valence-corrected chi connectivity index (χ3v) is 4.57. The van der Waals surface area contributed by atoms with Crippen LogP contribution in [0.4, 0.5) is 0 Å². The maximum absolute atomic E-state index is 6.35. The molecule has 0 spiro atoms. The molecule has 2 unspecified atom stereocenters. The van der Waals surface area contributed by atoms with Crippen molar-refractivity contribution in [3.8, 4) is 0 Å². The zero-order valence-electron chi connectivity index (χ0n) is 13.2. The fraction of sp³-hybridized carbons (Fsp3) is 0.588. The lowest BCUT2D eigenvalue weighted by Gasteiger charge is -2.19. The first-order chi connectivity index (χ1) is 9.90. The largest absolute Gasteiger partial charge is 0.324 e. The minimum absolute atomic E-state index is 0.0799. The Balaban J connectivity index is 2.35. The molecule has 21 heavy (non-hydrogen) atoms. The van der Waals surface area contributed by atoms with Gasteiger partial charge in [0, 0.05) is 10.5 Å². The van der Waals surface area contributed by atoms with Crippen LogP contribution in [0.2, 0.25) is 0 Å². The number of fused-ring (bicyclic) bond motifs is 1. The lowest BCUT2D eigenvalue weighted by Crippen LogP contribution is -2.10. The zero-order valence-corrected chi connectivity index (χ0v) is 15.6. The number of aromatic nitrogens is 2. The molecule has 0 aliphatic carbocycles. The van der Waals surface area contributed by atoms with Crippen molar-refractivity contribution in [2.75, 3.05) is 0 Å². The molecule has 0 saturated carbocycles. The smallest absolute Gasteiger partial charge is 0.127 e. The Labute approximate surface area is 141 Å². The van der Waals surface area contributed by atoms with E-state index in [-0.39, 0.29) is 5.38 Å². The van der Waals surface area contributed by atoms with Gasteiger partial charge in [-0.1, -0.05) is 42.6 Å². The van der Waals surface area contributed by atoms with E-state index in [1.807, 2.05) is 13.0 Å². The summed E-state index contributed by atoms with van der Waals surface area (Å²) in [6, 6.07) is 6.65. The highest BCUT2D eigenvalue weighted by Crippen LogP contribution is 2.31. The van der Waals surface area contributed by atoms with Crippen molar-refractivity contribution in [3.05, 3.63) is 28.5 Å². The molecule has 0 amide bonds. The molecule has 0 fully saturated rings. The van der Waals surface area contributed by atoms with Gasteiger partial charge in [-0.05, 0) is 44.4 Å². The molecule has 1 aromatic carbocycles. The highest BCUT2D eigenvalue weighted by Gasteiger charge is 2.19. The van der Waals surface area contributed by atoms with Crippen molar-refractivity contribution in [3.63, 3.8) is 0 Å². The van der Waals surface area contributed by atoms with Crippen LogP contribution in [0.25, 0.3) is 11.0 Å². The van der Waals surface area contributed by atoms with Crippen molar-refractivity contribution in [1.29, 1.82) is 0 Å². The highest BCUT2D eigenvalue weighted by molar-refractivity contribution is 9.10. The molecule has 116 valence electrons. The van der Waals surface area contributed by atoms with Gasteiger partial charge >= 0.3 is 0 Å². The predicted molar refractivity (Wildman–Crippen MR) is 95.1 cm³/mol. The van der Waals surface area contributed by atoms with E-state index in [0.717, 1.165) is 28.2 Å². The van der Waals surface area contributed by atoms with Gasteiger partial charge in [-0.25, -0.2) is 4.98 Å². The van der Waals surface area contributed by atoms with E-state index in [2.05, 4.69) is 53.4 Å². The molecule has 0 bridgehead atoms. The standard InChI is InChI=1S/C17H24BrClN2/c1-11(2)6-5-7-12(3)21-16-10-14(18)8-9-15(16)20-17(21)13(4)19/h8-13H,5-7H2,1-4H3. The zero-order chi connectivity index (χ0) is 15.6. The first-order valence-electron chi connectivity index (χ1n) is 7.71. The highest BCUT2D eigenvalue weighted by atomic mass is 79.9. The quantitative estimate of drug-likeness (QED) is 0.531. The summed E-state index contributed by atoms with van der Waals surface area (Å²) in [7, 11) is 0. The van der Waals surface area contributed by atoms with Gasteiger partial charge in [-0.2, -0.15) is 0 Å². The van der Waals surface area contributed by atoms with E-state index in [4.69, 9.17) is 16.6 Å². The Morgan fingerprint density at radius 3 is 2.52 bits per heavy atom. The van der Waals surface area contributed by atoms with Crippen LogP contribution in [-0.2, 0) is 0 Å². The number of nitrogens with zero attached hydrogens (tertiary/aromatic N) is 2. The number of hydrogen-bond donors (Lipinski definition) is 0. The molecule has 2 rings (SSSR count). The normalized spacial score (nSPS) is 14.8. The van der Waals surface area contributed by atoms with Crippen LogP contribution < -0.4 is 0 Å². The summed E-state index contributed by atoms with van der Waals surface area (Å²) in [5.41, 5.74) is 2.19. The van der Waals surface area contributed by atoms with E-state index in [0.29, 0.717) is 6.04 Å². The minimum atomic E-state index is -0.0799. The van der Waals surface area contributed by atoms with Crippen molar-refractivity contribution >= 4 is 38.6 Å². The Hall–Kier alpha value is -0.540. The summed E-state index contributed by atoms with van der Waals surface area (Å²) in [6.45, 7) is 8.82. The topological polar surface area (TPSA) is 17.8 Å². The summed E-state index contributed by atoms with van der Waals surface area (Å²) in [5, 5.41) is -0.0799. The fourth-order valence-electron chi connectivity index (χ4n) is 2.78. The van der Waals surface area contributed by atoms with Crippen LogP contribution in [0, 0.1) is 5.92 Å². The lowest BCUT2D eigenvalue weighted by molar-refractivity contribution is 0.444. The van der Waals surface area contributed by atoms with Gasteiger partial charge in [0.05, 0.1) is 16.4 Å². The second kappa shape index (κ2) is 7.15. The van der Waals surface area contributed by atoms with E-state index < -0.39 is 0 Å². The minimum Gasteiger partial charge on any atom is -0.324 e. The maximum atomic E-state index is 6.35. The van der Waals surface area contributed by atoms with Crippen LogP contribution in [0.1, 0.15) is 64.2 Å². The Morgan fingerprint density at radius 1 is 1.19 bits per heavy atom. The van der Waals surface area contributed by atoms with E-state index >= 15 is 0 Å². The van der Waals surface area contributed by atoms with E-state index in [9.17, 15) is 0 Å². The number of imidazole rings is 1. The lowest BCUT2D eigenvalue weighted by atomic mass is 10.0. The summed E-state index contributed by atoms with van der Waals surface area (Å²) >= 11 is 9.91. The molecule has 0 saturated heterocycles. The number of hydrogen-bond acceptors (Lipinski definition) is 1. The molecule has 2 atom stereocenters. The first kappa shape index (κ1) is 16.8. The third kappa shape index (κ3) is 4.01. The van der Waals surface area contributed by atoms with Crippen molar-refractivity contribution in [2.45, 2.75) is 58.4 Å².